The lowest BCUT2D eigenvalue weighted by atomic mass is 9.98. The number of nitrogens with zero attached hydrogens (tertiary/aromatic N) is 3. The predicted octanol–water partition coefficient (Wildman–Crippen LogP) is 4.87. The molecule has 30 heavy (non-hydrogen) atoms. The molecule has 4 aromatic rings. The molecule has 0 amide bonds. The first-order chi connectivity index (χ1) is 14.6. The summed E-state index contributed by atoms with van der Waals surface area (Å²) in [6.07, 6.45) is 1.68. The van der Waals surface area contributed by atoms with Crippen LogP contribution in [0, 0.1) is 11.3 Å². The van der Waals surface area contributed by atoms with Crippen LogP contribution in [0.5, 0.6) is 11.5 Å². The van der Waals surface area contributed by atoms with E-state index >= 15 is 0 Å². The van der Waals surface area contributed by atoms with Gasteiger partial charge in [0.25, 0.3) is 0 Å². The van der Waals surface area contributed by atoms with E-state index in [4.69, 9.17) is 9.47 Å². The monoisotopic (exact) mass is 415 g/mol. The van der Waals surface area contributed by atoms with Crippen molar-refractivity contribution in [2.24, 2.45) is 0 Å². The van der Waals surface area contributed by atoms with Gasteiger partial charge in [-0.3, -0.25) is 9.78 Å². The van der Waals surface area contributed by atoms with Crippen molar-refractivity contribution in [3.8, 4) is 28.8 Å². The van der Waals surface area contributed by atoms with Gasteiger partial charge in [-0.05, 0) is 30.3 Å². The molecule has 0 bridgehead atoms. The number of Topliss-reactive ketones (excluding diaryl/α,β-unsaturated/α-hetero) is 1. The van der Waals surface area contributed by atoms with Crippen molar-refractivity contribution in [1.29, 1.82) is 5.26 Å². The summed E-state index contributed by atoms with van der Waals surface area (Å²) in [4.78, 5) is 21.9. The summed E-state index contributed by atoms with van der Waals surface area (Å²) >= 11 is 1.28. The molecule has 0 fully saturated rings. The quantitative estimate of drug-likeness (QED) is 0.418. The van der Waals surface area contributed by atoms with Crippen molar-refractivity contribution in [2.75, 3.05) is 14.2 Å². The van der Waals surface area contributed by atoms with Crippen molar-refractivity contribution >= 4 is 28.0 Å². The number of aromatic nitrogens is 2. The van der Waals surface area contributed by atoms with Gasteiger partial charge in [0.15, 0.2) is 23.2 Å². The second kappa shape index (κ2) is 8.31. The Bertz CT molecular complexity index is 1280. The smallest absolute Gasteiger partial charge is 0.187 e. The predicted molar refractivity (Wildman–Crippen MR) is 115 cm³/mol. The Hall–Kier alpha value is -3.76. The molecule has 0 N–H and O–H groups in total. The number of carbonyl (C=O) groups excluding carboxylic acids is 1. The minimum atomic E-state index is -0.981. The van der Waals surface area contributed by atoms with E-state index in [2.05, 4.69) is 16.0 Å². The second-order valence-corrected chi connectivity index (χ2v) is 7.37. The van der Waals surface area contributed by atoms with Crippen LogP contribution >= 0.6 is 11.3 Å². The molecule has 2 aromatic carbocycles. The lowest BCUT2D eigenvalue weighted by molar-refractivity contribution is 0.0979. The van der Waals surface area contributed by atoms with Gasteiger partial charge < -0.3 is 9.47 Å². The number of ether oxygens (including phenoxy) is 2. The molecular formula is C23H17N3O3S. The van der Waals surface area contributed by atoms with Crippen molar-refractivity contribution in [3.05, 3.63) is 70.7 Å². The number of fused-ring (bicyclic) bond motifs is 1. The minimum absolute atomic E-state index is 0.293. The molecule has 0 radical (unpaired) electrons. The summed E-state index contributed by atoms with van der Waals surface area (Å²) in [7, 11) is 3.14. The summed E-state index contributed by atoms with van der Waals surface area (Å²) in [5.74, 6) is -0.0730. The van der Waals surface area contributed by atoms with Crippen LogP contribution in [-0.2, 0) is 0 Å². The highest BCUT2D eigenvalue weighted by atomic mass is 32.1. The first kappa shape index (κ1) is 19.6. The van der Waals surface area contributed by atoms with Gasteiger partial charge in [0.05, 0.1) is 31.5 Å². The molecule has 2 aromatic heterocycles. The maximum atomic E-state index is 13.0. The van der Waals surface area contributed by atoms with E-state index in [9.17, 15) is 10.1 Å². The fourth-order valence-corrected chi connectivity index (χ4v) is 4.03. The molecule has 0 aliphatic rings. The Kier molecular flexibility index (Phi) is 5.42. The molecule has 0 spiro atoms. The molecule has 0 aliphatic carbocycles. The standard InChI is InChI=1S/C23H17N3O3S/c1-28-20-8-7-15(11-21(20)29-2)19-13-30-23(26-19)17(12-24)22(27)16-6-5-14-4-3-9-25-18(14)10-16/h3-11,13,17H,1-2H3. The van der Waals surface area contributed by atoms with Gasteiger partial charge in [0.2, 0.25) is 0 Å². The third kappa shape index (κ3) is 3.61. The number of rotatable bonds is 6. The van der Waals surface area contributed by atoms with Gasteiger partial charge in [-0.1, -0.05) is 18.2 Å². The van der Waals surface area contributed by atoms with E-state index in [1.165, 1.54) is 11.3 Å². The highest BCUT2D eigenvalue weighted by Gasteiger charge is 2.25. The van der Waals surface area contributed by atoms with Gasteiger partial charge in [-0.25, -0.2) is 4.98 Å². The van der Waals surface area contributed by atoms with Crippen LogP contribution in [0.2, 0.25) is 0 Å². The van der Waals surface area contributed by atoms with Crippen LogP contribution in [0.3, 0.4) is 0 Å². The Morgan fingerprint density at radius 2 is 1.93 bits per heavy atom. The van der Waals surface area contributed by atoms with Crippen molar-refractivity contribution in [2.45, 2.75) is 5.92 Å². The third-order valence-electron chi connectivity index (χ3n) is 4.73. The molecule has 0 saturated heterocycles. The van der Waals surface area contributed by atoms with Crippen LogP contribution in [-0.4, -0.2) is 30.0 Å². The Labute approximate surface area is 177 Å². The number of benzene rings is 2. The Morgan fingerprint density at radius 3 is 2.70 bits per heavy atom. The minimum Gasteiger partial charge on any atom is -0.493 e. The van der Waals surface area contributed by atoms with Gasteiger partial charge in [-0.2, -0.15) is 5.26 Å². The first-order valence-corrected chi connectivity index (χ1v) is 9.99. The number of ketones is 1. The zero-order valence-corrected chi connectivity index (χ0v) is 17.1. The van der Waals surface area contributed by atoms with Crippen LogP contribution in [0.1, 0.15) is 21.3 Å². The van der Waals surface area contributed by atoms with Crippen LogP contribution in [0.15, 0.2) is 60.1 Å². The first-order valence-electron chi connectivity index (χ1n) is 9.11. The summed E-state index contributed by atoms with van der Waals surface area (Å²) in [5.41, 5.74) is 2.64. The number of methoxy groups -OCH3 is 2. The molecule has 148 valence electrons. The maximum absolute atomic E-state index is 13.0. The summed E-state index contributed by atoms with van der Waals surface area (Å²) in [5, 5.41) is 12.9. The normalized spacial score (nSPS) is 11.6. The highest BCUT2D eigenvalue weighted by Crippen LogP contribution is 2.34. The average molecular weight is 415 g/mol. The van der Waals surface area contributed by atoms with Gasteiger partial charge in [-0.15, -0.1) is 11.3 Å². The SMILES string of the molecule is COc1ccc(-c2csc(C(C#N)C(=O)c3ccc4cccnc4c3)n2)cc1OC. The van der Waals surface area contributed by atoms with Crippen molar-refractivity contribution in [3.63, 3.8) is 0 Å². The Balaban J connectivity index is 1.65. The number of hydrogen-bond acceptors (Lipinski definition) is 7. The summed E-state index contributed by atoms with van der Waals surface area (Å²) in [6.45, 7) is 0. The van der Waals surface area contributed by atoms with Gasteiger partial charge >= 0.3 is 0 Å². The maximum Gasteiger partial charge on any atom is 0.187 e. The largest absolute Gasteiger partial charge is 0.493 e. The summed E-state index contributed by atoms with van der Waals surface area (Å²) in [6, 6.07) is 16.6. The zero-order chi connectivity index (χ0) is 21.1. The van der Waals surface area contributed by atoms with E-state index in [0.29, 0.717) is 33.3 Å². The molecule has 6 nitrogen and oxygen atoms in total. The van der Waals surface area contributed by atoms with Gasteiger partial charge in [0, 0.05) is 28.1 Å². The van der Waals surface area contributed by atoms with E-state index < -0.39 is 5.92 Å². The number of nitriles is 1. The molecule has 0 saturated carbocycles. The molecule has 1 unspecified atom stereocenters. The molecule has 7 heteroatoms. The molecule has 0 aliphatic heterocycles. The highest BCUT2D eigenvalue weighted by molar-refractivity contribution is 7.10. The van der Waals surface area contributed by atoms with Crippen molar-refractivity contribution < 1.29 is 14.3 Å². The number of carbonyl (C=O) groups is 1. The molecule has 4 rings (SSSR count). The van der Waals surface area contributed by atoms with Crippen LogP contribution < -0.4 is 9.47 Å². The van der Waals surface area contributed by atoms with Crippen LogP contribution in [0.25, 0.3) is 22.2 Å². The number of hydrogen-bond donors (Lipinski definition) is 0. The Morgan fingerprint density at radius 1 is 1.10 bits per heavy atom. The fourth-order valence-electron chi connectivity index (χ4n) is 3.16. The third-order valence-corrected chi connectivity index (χ3v) is 5.64. The van der Waals surface area contributed by atoms with Crippen LogP contribution in [0.4, 0.5) is 0 Å². The van der Waals surface area contributed by atoms with E-state index in [-0.39, 0.29) is 5.78 Å². The lowest BCUT2D eigenvalue weighted by Gasteiger charge is -2.08. The fraction of sp³-hybridized carbons (Fsp3) is 0.130. The lowest BCUT2D eigenvalue weighted by Crippen LogP contribution is -2.11. The van der Waals surface area contributed by atoms with E-state index in [0.717, 1.165) is 10.9 Å². The number of pyridine rings is 1. The second-order valence-electron chi connectivity index (χ2n) is 6.48. The topological polar surface area (TPSA) is 85.1 Å². The summed E-state index contributed by atoms with van der Waals surface area (Å²) < 4.78 is 10.6. The average Bonchev–Trinajstić information content (AvgIpc) is 3.28. The van der Waals surface area contributed by atoms with Gasteiger partial charge in [0.1, 0.15) is 5.01 Å². The van der Waals surface area contributed by atoms with E-state index in [1.807, 2.05) is 35.7 Å². The molecule has 1 atom stereocenters. The number of thiazole rings is 1. The van der Waals surface area contributed by atoms with E-state index in [1.54, 1.807) is 38.6 Å². The molecular weight excluding hydrogens is 398 g/mol. The zero-order valence-electron chi connectivity index (χ0n) is 16.3. The van der Waals surface area contributed by atoms with Crippen molar-refractivity contribution in [1.82, 2.24) is 9.97 Å². The molecule has 2 heterocycles.